The van der Waals surface area contributed by atoms with E-state index in [1.165, 1.54) is 29.2 Å². The smallest absolute Gasteiger partial charge is 0.219 e. The lowest BCUT2D eigenvalue weighted by Gasteiger charge is -2.42. The highest BCUT2D eigenvalue weighted by molar-refractivity contribution is 9.10. The van der Waals surface area contributed by atoms with E-state index in [0.29, 0.717) is 39.5 Å². The fourth-order valence-electron chi connectivity index (χ4n) is 4.26. The molecule has 0 saturated carbocycles. The van der Waals surface area contributed by atoms with Crippen LogP contribution in [-0.2, 0) is 4.79 Å². The Morgan fingerprint density at radius 1 is 1.45 bits per heavy atom. The molecule has 1 aromatic carbocycles. The Hall–Kier alpha value is -2.48. The number of hydrogen-bond acceptors (Lipinski definition) is 8. The summed E-state index contributed by atoms with van der Waals surface area (Å²) in [7, 11) is 0. The van der Waals surface area contributed by atoms with E-state index in [-0.39, 0.29) is 28.2 Å². The Labute approximate surface area is 208 Å². The van der Waals surface area contributed by atoms with Crippen molar-refractivity contribution in [2.75, 3.05) is 10.7 Å². The lowest BCUT2D eigenvalue weighted by atomic mass is 9.68. The first-order chi connectivity index (χ1) is 15.7. The van der Waals surface area contributed by atoms with Gasteiger partial charge >= 0.3 is 0 Å². The quantitative estimate of drug-likeness (QED) is 0.382. The van der Waals surface area contributed by atoms with Gasteiger partial charge in [0.05, 0.1) is 17.6 Å². The minimum atomic E-state index is -0.875. The van der Waals surface area contributed by atoms with Gasteiger partial charge in [0.15, 0.2) is 10.1 Å². The van der Waals surface area contributed by atoms with E-state index in [9.17, 15) is 10.1 Å². The lowest BCUT2D eigenvalue weighted by Crippen LogP contribution is -2.42. The molecular weight excluding hydrogens is 525 g/mol. The summed E-state index contributed by atoms with van der Waals surface area (Å²) in [6, 6.07) is 6.77. The van der Waals surface area contributed by atoms with Crippen LogP contribution in [0.15, 0.2) is 62.3 Å². The van der Waals surface area contributed by atoms with Gasteiger partial charge < -0.3 is 5.73 Å². The molecule has 6 nitrogen and oxygen atoms in total. The van der Waals surface area contributed by atoms with E-state index in [1.807, 2.05) is 13.8 Å². The average Bonchev–Trinajstić information content (AvgIpc) is 3.19. The van der Waals surface area contributed by atoms with Gasteiger partial charge in [-0.1, -0.05) is 65.0 Å². The number of aromatic nitrogens is 2. The van der Waals surface area contributed by atoms with Crippen LogP contribution in [0.4, 0.5) is 9.52 Å². The average molecular weight is 546 g/mol. The van der Waals surface area contributed by atoms with Crippen molar-refractivity contribution in [3.8, 4) is 6.07 Å². The number of nitrogens with two attached hydrogens (primary N) is 1. The van der Waals surface area contributed by atoms with Crippen LogP contribution in [0.3, 0.4) is 0 Å². The summed E-state index contributed by atoms with van der Waals surface area (Å²) in [5.74, 6) is -0.684. The number of allylic oxidation sites excluding steroid dienone is 3. The highest BCUT2D eigenvalue weighted by Crippen LogP contribution is 2.51. The van der Waals surface area contributed by atoms with Gasteiger partial charge in [-0.3, -0.25) is 9.69 Å². The van der Waals surface area contributed by atoms with Crippen LogP contribution in [-0.4, -0.2) is 21.7 Å². The van der Waals surface area contributed by atoms with Crippen molar-refractivity contribution in [2.45, 2.75) is 36.9 Å². The van der Waals surface area contributed by atoms with Gasteiger partial charge in [0.1, 0.15) is 11.6 Å². The third kappa shape index (κ3) is 4.37. The molecule has 1 aliphatic carbocycles. The predicted octanol–water partition coefficient (Wildman–Crippen LogP) is 5.66. The first kappa shape index (κ1) is 23.7. The summed E-state index contributed by atoms with van der Waals surface area (Å²) in [5, 5.41) is 19.1. The Morgan fingerprint density at radius 3 is 2.88 bits per heavy atom. The molecule has 0 radical (unpaired) electrons. The molecule has 2 heterocycles. The largest absolute Gasteiger partial charge is 0.384 e. The standard InChI is InChI=1S/C23H21BrFN5OS2/c1-4-7-32-22-29-28-21(33-22)30-16-9-23(2,3)10-17(31)19(16)18(14(11-26)20(30)27)13-6-5-12(24)8-15(13)25/h4-6,8,18H,1,7,9-10,27H2,2-3H3. The Morgan fingerprint density at radius 2 is 2.21 bits per heavy atom. The summed E-state index contributed by atoms with van der Waals surface area (Å²) in [4.78, 5) is 15.1. The number of ketones is 1. The van der Waals surface area contributed by atoms with Gasteiger partial charge in [0.25, 0.3) is 0 Å². The number of nitrogens with zero attached hydrogens (tertiary/aromatic N) is 4. The molecule has 0 spiro atoms. The zero-order valence-corrected chi connectivity index (χ0v) is 21.3. The Bertz CT molecular complexity index is 1260. The first-order valence-electron chi connectivity index (χ1n) is 10.1. The number of halogens is 2. The van der Waals surface area contributed by atoms with Gasteiger partial charge in [-0.25, -0.2) is 4.39 Å². The van der Waals surface area contributed by atoms with E-state index >= 15 is 4.39 Å². The second kappa shape index (κ2) is 9.05. The number of Topliss-reactive ketones (excluding diaryl/α,β-unsaturated/α-hetero) is 1. The maximum absolute atomic E-state index is 15.1. The molecular formula is C23H21BrFN5OS2. The second-order valence-corrected chi connectivity index (χ2v) is 11.7. The molecule has 1 aromatic heterocycles. The minimum Gasteiger partial charge on any atom is -0.384 e. The van der Waals surface area contributed by atoms with Crippen molar-refractivity contribution in [3.05, 3.63) is 69.4 Å². The number of thioether (sulfide) groups is 1. The predicted molar refractivity (Wildman–Crippen MR) is 132 cm³/mol. The van der Waals surface area contributed by atoms with Crippen LogP contribution in [0.1, 0.15) is 38.2 Å². The summed E-state index contributed by atoms with van der Waals surface area (Å²) in [5.41, 5.74) is 7.64. The second-order valence-electron chi connectivity index (χ2n) is 8.60. The zero-order chi connectivity index (χ0) is 23.9. The van der Waals surface area contributed by atoms with Crippen LogP contribution in [0.2, 0.25) is 0 Å². The van der Waals surface area contributed by atoms with E-state index in [1.54, 1.807) is 23.1 Å². The number of carbonyl (C=O) groups excluding carboxylic acids is 1. The van der Waals surface area contributed by atoms with E-state index < -0.39 is 11.7 Å². The molecule has 170 valence electrons. The molecule has 4 rings (SSSR count). The van der Waals surface area contributed by atoms with Gasteiger partial charge in [0, 0.05) is 33.5 Å². The first-order valence-corrected chi connectivity index (χ1v) is 12.7. The van der Waals surface area contributed by atoms with Crippen LogP contribution in [0.25, 0.3) is 0 Å². The van der Waals surface area contributed by atoms with Crippen LogP contribution in [0.5, 0.6) is 0 Å². The molecule has 2 aromatic rings. The van der Waals surface area contributed by atoms with Crippen molar-refractivity contribution in [3.63, 3.8) is 0 Å². The zero-order valence-electron chi connectivity index (χ0n) is 18.1. The van der Waals surface area contributed by atoms with E-state index in [4.69, 9.17) is 5.73 Å². The molecule has 2 aliphatic rings. The normalized spacial score (nSPS) is 20.0. The number of hydrogen-bond donors (Lipinski definition) is 1. The summed E-state index contributed by atoms with van der Waals surface area (Å²) >= 11 is 6.08. The number of carbonyl (C=O) groups is 1. The molecule has 1 aliphatic heterocycles. The van der Waals surface area contributed by atoms with E-state index in [0.717, 1.165) is 4.34 Å². The summed E-state index contributed by atoms with van der Waals surface area (Å²) in [6.07, 6.45) is 2.59. The van der Waals surface area contributed by atoms with Crippen molar-refractivity contribution in [1.82, 2.24) is 10.2 Å². The van der Waals surface area contributed by atoms with Crippen molar-refractivity contribution in [1.29, 1.82) is 5.26 Å². The summed E-state index contributed by atoms with van der Waals surface area (Å²) < 4.78 is 16.4. The van der Waals surface area contributed by atoms with Crippen molar-refractivity contribution < 1.29 is 9.18 Å². The third-order valence-corrected chi connectivity index (χ3v) is 8.10. The lowest BCUT2D eigenvalue weighted by molar-refractivity contribution is -0.118. The fraction of sp³-hybridized carbons (Fsp3) is 0.304. The van der Waals surface area contributed by atoms with Crippen LogP contribution >= 0.6 is 39.0 Å². The van der Waals surface area contributed by atoms with Gasteiger partial charge in [-0.2, -0.15) is 5.26 Å². The number of nitriles is 1. The third-order valence-electron chi connectivity index (χ3n) is 5.57. The minimum absolute atomic E-state index is 0.121. The van der Waals surface area contributed by atoms with Gasteiger partial charge in [0.2, 0.25) is 5.13 Å². The molecule has 10 heteroatoms. The maximum atomic E-state index is 15.1. The molecule has 1 atom stereocenters. The van der Waals surface area contributed by atoms with Crippen molar-refractivity contribution >= 4 is 49.9 Å². The molecule has 1 unspecified atom stereocenters. The molecule has 2 N–H and O–H groups in total. The molecule has 0 bridgehead atoms. The van der Waals surface area contributed by atoms with Gasteiger partial charge in [-0.15, -0.1) is 16.8 Å². The van der Waals surface area contributed by atoms with E-state index in [2.05, 4.69) is 38.8 Å². The van der Waals surface area contributed by atoms with Crippen molar-refractivity contribution in [2.24, 2.45) is 11.1 Å². The Balaban J connectivity index is 1.94. The monoisotopic (exact) mass is 545 g/mol. The molecule has 0 saturated heterocycles. The Kier molecular flexibility index (Phi) is 6.49. The highest BCUT2D eigenvalue weighted by Gasteiger charge is 2.46. The molecule has 33 heavy (non-hydrogen) atoms. The SMILES string of the molecule is C=CCSc1nnc(N2C(N)=C(C#N)C(c3ccc(Br)cc3F)C3=C2CC(C)(C)CC3=O)s1. The fourth-order valence-corrected chi connectivity index (χ4v) is 6.23. The maximum Gasteiger partial charge on any atom is 0.219 e. The topological polar surface area (TPSA) is 95.9 Å². The summed E-state index contributed by atoms with van der Waals surface area (Å²) in [6.45, 7) is 7.73. The number of benzene rings is 1. The number of rotatable bonds is 5. The van der Waals surface area contributed by atoms with Crippen LogP contribution < -0.4 is 10.6 Å². The molecule has 0 amide bonds. The number of anilines is 1. The van der Waals surface area contributed by atoms with Crippen LogP contribution in [0, 0.1) is 22.6 Å². The van der Waals surface area contributed by atoms with Gasteiger partial charge in [-0.05, 0) is 24.0 Å². The highest BCUT2D eigenvalue weighted by atomic mass is 79.9. The molecule has 0 fully saturated rings.